The number of anilines is 1. The number of rotatable bonds is 8. The Hall–Kier alpha value is -3.32. The Morgan fingerprint density at radius 3 is 2.17 bits per heavy atom. The van der Waals surface area contributed by atoms with E-state index in [1.54, 1.807) is 42.5 Å². The van der Waals surface area contributed by atoms with Gasteiger partial charge in [0.15, 0.2) is 0 Å². The molecule has 7 heteroatoms. The van der Waals surface area contributed by atoms with Gasteiger partial charge in [0.2, 0.25) is 5.91 Å². The lowest BCUT2D eigenvalue weighted by atomic mass is 10.1. The highest BCUT2D eigenvalue weighted by Crippen LogP contribution is 2.25. The first kappa shape index (κ1) is 21.4. The number of nitrogens with zero attached hydrogens (tertiary/aromatic N) is 1. The van der Waals surface area contributed by atoms with Crippen molar-refractivity contribution in [3.8, 4) is 5.75 Å². The second kappa shape index (κ2) is 9.45. The van der Waals surface area contributed by atoms with Crippen LogP contribution in [0.25, 0.3) is 0 Å². The monoisotopic (exact) mass is 424 g/mol. The minimum Gasteiger partial charge on any atom is -0.497 e. The molecule has 1 amide bonds. The van der Waals surface area contributed by atoms with E-state index in [2.05, 4.69) is 5.32 Å². The molecule has 0 aliphatic heterocycles. The van der Waals surface area contributed by atoms with E-state index in [9.17, 15) is 13.2 Å². The van der Waals surface area contributed by atoms with Crippen molar-refractivity contribution in [3.05, 3.63) is 90.0 Å². The van der Waals surface area contributed by atoms with Crippen LogP contribution < -0.4 is 14.4 Å². The second-order valence-corrected chi connectivity index (χ2v) is 8.65. The molecule has 0 heterocycles. The first-order chi connectivity index (χ1) is 14.4. The normalized spacial score (nSPS) is 11.0. The minimum atomic E-state index is -3.93. The Labute approximate surface area is 177 Å². The van der Waals surface area contributed by atoms with Crippen LogP contribution in [-0.4, -0.2) is 28.0 Å². The number of carbonyl (C=O) groups excluding carboxylic acids is 1. The van der Waals surface area contributed by atoms with Crippen molar-refractivity contribution in [2.24, 2.45) is 0 Å². The van der Waals surface area contributed by atoms with Gasteiger partial charge in [-0.15, -0.1) is 0 Å². The third kappa shape index (κ3) is 5.18. The van der Waals surface area contributed by atoms with Gasteiger partial charge in [0.25, 0.3) is 10.0 Å². The highest BCUT2D eigenvalue weighted by atomic mass is 32.2. The maximum absolute atomic E-state index is 13.2. The van der Waals surface area contributed by atoms with Crippen LogP contribution in [0.2, 0.25) is 0 Å². The summed E-state index contributed by atoms with van der Waals surface area (Å²) >= 11 is 0. The van der Waals surface area contributed by atoms with Crippen LogP contribution in [-0.2, 0) is 21.4 Å². The molecule has 30 heavy (non-hydrogen) atoms. The predicted octanol–water partition coefficient (Wildman–Crippen LogP) is 3.52. The largest absolute Gasteiger partial charge is 0.497 e. The van der Waals surface area contributed by atoms with Gasteiger partial charge in [0.05, 0.1) is 17.7 Å². The predicted molar refractivity (Wildman–Crippen MR) is 117 cm³/mol. The smallest absolute Gasteiger partial charge is 0.264 e. The number of aryl methyl sites for hydroxylation is 1. The Morgan fingerprint density at radius 1 is 0.933 bits per heavy atom. The summed E-state index contributed by atoms with van der Waals surface area (Å²) in [5, 5.41) is 2.80. The Kier molecular flexibility index (Phi) is 6.74. The molecule has 0 fully saturated rings. The molecule has 1 N–H and O–H groups in total. The number of benzene rings is 3. The van der Waals surface area contributed by atoms with Crippen LogP contribution in [0.1, 0.15) is 11.1 Å². The first-order valence-corrected chi connectivity index (χ1v) is 10.9. The van der Waals surface area contributed by atoms with E-state index in [1.165, 1.54) is 19.2 Å². The van der Waals surface area contributed by atoms with Crippen LogP contribution in [0.15, 0.2) is 83.8 Å². The zero-order chi connectivity index (χ0) is 21.6. The lowest BCUT2D eigenvalue weighted by Crippen LogP contribution is -2.40. The number of ether oxygens (including phenoxy) is 1. The summed E-state index contributed by atoms with van der Waals surface area (Å²) in [6.07, 6.45) is 0. The van der Waals surface area contributed by atoms with Crippen molar-refractivity contribution in [1.29, 1.82) is 0 Å². The molecule has 0 saturated heterocycles. The van der Waals surface area contributed by atoms with Crippen LogP contribution in [0, 0.1) is 6.92 Å². The summed E-state index contributed by atoms with van der Waals surface area (Å²) in [4.78, 5) is 12.7. The molecule has 3 rings (SSSR count). The van der Waals surface area contributed by atoms with Crippen molar-refractivity contribution in [1.82, 2.24) is 5.32 Å². The number of amides is 1. The number of methoxy groups -OCH3 is 1. The molecule has 0 aliphatic carbocycles. The maximum atomic E-state index is 13.2. The molecule has 0 saturated carbocycles. The van der Waals surface area contributed by atoms with Gasteiger partial charge in [-0.3, -0.25) is 9.10 Å². The Balaban J connectivity index is 1.83. The Morgan fingerprint density at radius 2 is 1.57 bits per heavy atom. The summed E-state index contributed by atoms with van der Waals surface area (Å²) in [5.74, 6) is 0.200. The van der Waals surface area contributed by atoms with Crippen molar-refractivity contribution < 1.29 is 17.9 Å². The highest BCUT2D eigenvalue weighted by Gasteiger charge is 2.27. The molecular weight excluding hydrogens is 400 g/mol. The van der Waals surface area contributed by atoms with Crippen LogP contribution in [0.5, 0.6) is 5.75 Å². The van der Waals surface area contributed by atoms with Crippen molar-refractivity contribution in [2.75, 3.05) is 18.0 Å². The molecule has 0 bridgehead atoms. The standard InChI is InChI=1S/C23H24N2O4S/c1-18-8-10-19(11-9-18)16-24-23(26)17-25(20-12-14-21(29-2)15-13-20)30(27,28)22-6-4-3-5-7-22/h3-15H,16-17H2,1-2H3,(H,24,26). The quantitative estimate of drug-likeness (QED) is 0.600. The van der Waals surface area contributed by atoms with E-state index in [1.807, 2.05) is 31.2 Å². The number of sulfonamides is 1. The second-order valence-electron chi connectivity index (χ2n) is 6.79. The fourth-order valence-electron chi connectivity index (χ4n) is 2.88. The molecule has 3 aromatic rings. The molecular formula is C23H24N2O4S. The number of hydrogen-bond donors (Lipinski definition) is 1. The van der Waals surface area contributed by atoms with Gasteiger partial charge in [-0.25, -0.2) is 8.42 Å². The van der Waals surface area contributed by atoms with Crippen LogP contribution in [0.3, 0.4) is 0 Å². The number of carbonyl (C=O) groups is 1. The Bertz CT molecular complexity index is 1080. The summed E-state index contributed by atoms with van der Waals surface area (Å²) in [5.41, 5.74) is 2.45. The van der Waals surface area contributed by atoms with E-state index < -0.39 is 15.9 Å². The van der Waals surface area contributed by atoms with E-state index >= 15 is 0 Å². The van der Waals surface area contributed by atoms with Gasteiger partial charge in [-0.2, -0.15) is 0 Å². The number of hydrogen-bond acceptors (Lipinski definition) is 4. The molecule has 6 nitrogen and oxygen atoms in total. The molecule has 3 aromatic carbocycles. The van der Waals surface area contributed by atoms with E-state index in [0.29, 0.717) is 18.0 Å². The summed E-state index contributed by atoms with van der Waals surface area (Å²) in [7, 11) is -2.39. The molecule has 0 atom stereocenters. The van der Waals surface area contributed by atoms with E-state index in [4.69, 9.17) is 4.74 Å². The lowest BCUT2D eigenvalue weighted by Gasteiger charge is -2.24. The lowest BCUT2D eigenvalue weighted by molar-refractivity contribution is -0.119. The van der Waals surface area contributed by atoms with Gasteiger partial charge in [0, 0.05) is 6.54 Å². The van der Waals surface area contributed by atoms with Gasteiger partial charge < -0.3 is 10.1 Å². The molecule has 0 unspecified atom stereocenters. The van der Waals surface area contributed by atoms with Crippen molar-refractivity contribution in [3.63, 3.8) is 0 Å². The van der Waals surface area contributed by atoms with Gasteiger partial charge >= 0.3 is 0 Å². The topological polar surface area (TPSA) is 75.7 Å². The third-order valence-electron chi connectivity index (χ3n) is 4.59. The average molecular weight is 425 g/mol. The zero-order valence-electron chi connectivity index (χ0n) is 16.9. The van der Waals surface area contributed by atoms with Gasteiger partial charge in [0.1, 0.15) is 12.3 Å². The third-order valence-corrected chi connectivity index (χ3v) is 6.38. The molecule has 0 radical (unpaired) electrons. The van der Waals surface area contributed by atoms with E-state index in [0.717, 1.165) is 15.4 Å². The molecule has 0 aliphatic rings. The molecule has 156 valence electrons. The summed E-state index contributed by atoms with van der Waals surface area (Å²) < 4.78 is 32.8. The van der Waals surface area contributed by atoms with Crippen molar-refractivity contribution in [2.45, 2.75) is 18.4 Å². The van der Waals surface area contributed by atoms with E-state index in [-0.39, 0.29) is 11.4 Å². The number of nitrogens with one attached hydrogen (secondary N) is 1. The summed E-state index contributed by atoms with van der Waals surface area (Å²) in [6, 6.07) is 22.4. The highest BCUT2D eigenvalue weighted by molar-refractivity contribution is 7.92. The summed E-state index contributed by atoms with van der Waals surface area (Å²) in [6.45, 7) is 1.97. The minimum absolute atomic E-state index is 0.118. The molecule has 0 aromatic heterocycles. The zero-order valence-corrected chi connectivity index (χ0v) is 17.7. The van der Waals surface area contributed by atoms with Crippen molar-refractivity contribution >= 4 is 21.6 Å². The first-order valence-electron chi connectivity index (χ1n) is 9.44. The van der Waals surface area contributed by atoms with Crippen LogP contribution >= 0.6 is 0 Å². The SMILES string of the molecule is COc1ccc(N(CC(=O)NCc2ccc(C)cc2)S(=O)(=O)c2ccccc2)cc1. The molecule has 0 spiro atoms. The maximum Gasteiger partial charge on any atom is 0.264 e. The van der Waals surface area contributed by atoms with Crippen LogP contribution in [0.4, 0.5) is 5.69 Å². The van der Waals surface area contributed by atoms with Gasteiger partial charge in [-0.1, -0.05) is 48.0 Å². The fourth-order valence-corrected chi connectivity index (χ4v) is 4.32. The van der Waals surface area contributed by atoms with Gasteiger partial charge in [-0.05, 0) is 48.9 Å². The average Bonchev–Trinajstić information content (AvgIpc) is 2.77. The fraction of sp³-hybridized carbons (Fsp3) is 0.174.